The third-order valence-electron chi connectivity index (χ3n) is 2.08. The van der Waals surface area contributed by atoms with Gasteiger partial charge in [0.2, 0.25) is 0 Å². The predicted octanol–water partition coefficient (Wildman–Crippen LogP) is 3.41. The molecule has 0 aliphatic heterocycles. The van der Waals surface area contributed by atoms with Crippen molar-refractivity contribution in [2.45, 2.75) is 20.3 Å². The van der Waals surface area contributed by atoms with Crippen LogP contribution in [0.5, 0.6) is 11.5 Å². The van der Waals surface area contributed by atoms with Crippen molar-refractivity contribution < 1.29 is 9.47 Å². The Bertz CT molecular complexity index is 419. The molecule has 0 unspecified atom stereocenters. The molecular formula is C14H17NO2. The lowest BCUT2D eigenvalue weighted by atomic mass is 10.2. The number of nitriles is 1. The first-order chi connectivity index (χ1) is 8.31. The monoisotopic (exact) mass is 231 g/mol. The van der Waals surface area contributed by atoms with Gasteiger partial charge < -0.3 is 9.47 Å². The highest BCUT2D eigenvalue weighted by Crippen LogP contribution is 2.29. The molecule has 1 aromatic rings. The molecule has 90 valence electrons. The van der Waals surface area contributed by atoms with Crippen molar-refractivity contribution in [2.24, 2.45) is 0 Å². The summed E-state index contributed by atoms with van der Waals surface area (Å²) in [4.78, 5) is 0. The summed E-state index contributed by atoms with van der Waals surface area (Å²) < 4.78 is 11.1. The minimum atomic E-state index is 0.591. The number of benzene rings is 1. The van der Waals surface area contributed by atoms with E-state index in [1.165, 1.54) is 6.08 Å². The smallest absolute Gasteiger partial charge is 0.161 e. The molecule has 0 atom stereocenters. The number of hydrogen-bond donors (Lipinski definition) is 0. The van der Waals surface area contributed by atoms with E-state index in [9.17, 15) is 0 Å². The van der Waals surface area contributed by atoms with E-state index in [0.29, 0.717) is 13.2 Å². The van der Waals surface area contributed by atoms with Crippen LogP contribution >= 0.6 is 0 Å². The summed E-state index contributed by atoms with van der Waals surface area (Å²) in [6.07, 6.45) is 4.14. The van der Waals surface area contributed by atoms with Gasteiger partial charge in [-0.15, -0.1) is 0 Å². The van der Waals surface area contributed by atoms with Crippen LogP contribution in [0.4, 0.5) is 0 Å². The average Bonchev–Trinajstić information content (AvgIpc) is 2.35. The first-order valence-corrected chi connectivity index (χ1v) is 5.77. The maximum Gasteiger partial charge on any atom is 0.161 e. The summed E-state index contributed by atoms with van der Waals surface area (Å²) in [5.74, 6) is 1.48. The highest BCUT2D eigenvalue weighted by Gasteiger charge is 2.04. The van der Waals surface area contributed by atoms with Crippen LogP contribution in [0.2, 0.25) is 0 Å². The van der Waals surface area contributed by atoms with Crippen molar-refractivity contribution in [3.63, 3.8) is 0 Å². The van der Waals surface area contributed by atoms with Crippen molar-refractivity contribution in [3.05, 3.63) is 29.8 Å². The molecule has 0 saturated carbocycles. The Labute approximate surface area is 102 Å². The van der Waals surface area contributed by atoms with Gasteiger partial charge in [0.1, 0.15) is 0 Å². The molecule has 0 fully saturated rings. The van der Waals surface area contributed by atoms with E-state index in [1.807, 2.05) is 31.2 Å². The molecule has 0 radical (unpaired) electrons. The van der Waals surface area contributed by atoms with Crippen LogP contribution in [0.1, 0.15) is 25.8 Å². The minimum absolute atomic E-state index is 0.591. The van der Waals surface area contributed by atoms with Crippen LogP contribution in [0.25, 0.3) is 6.08 Å². The van der Waals surface area contributed by atoms with Gasteiger partial charge in [0.15, 0.2) is 11.5 Å². The van der Waals surface area contributed by atoms with Gasteiger partial charge >= 0.3 is 0 Å². The van der Waals surface area contributed by atoms with Crippen LogP contribution < -0.4 is 9.47 Å². The number of rotatable bonds is 6. The zero-order valence-corrected chi connectivity index (χ0v) is 10.3. The maximum absolute atomic E-state index is 8.48. The lowest BCUT2D eigenvalue weighted by molar-refractivity contribution is 0.277. The molecular weight excluding hydrogens is 214 g/mol. The number of ether oxygens (including phenoxy) is 2. The predicted molar refractivity (Wildman–Crippen MR) is 68.0 cm³/mol. The molecule has 17 heavy (non-hydrogen) atoms. The van der Waals surface area contributed by atoms with E-state index in [4.69, 9.17) is 14.7 Å². The SMILES string of the molecule is CCCOc1ccc(/C=C/C#N)cc1OCC. The molecule has 0 heterocycles. The second kappa shape index (κ2) is 7.34. The van der Waals surface area contributed by atoms with E-state index in [2.05, 4.69) is 6.92 Å². The molecule has 0 saturated heterocycles. The van der Waals surface area contributed by atoms with Crippen LogP contribution in [0.15, 0.2) is 24.3 Å². The molecule has 0 N–H and O–H groups in total. The topological polar surface area (TPSA) is 42.2 Å². The van der Waals surface area contributed by atoms with E-state index >= 15 is 0 Å². The maximum atomic E-state index is 8.48. The van der Waals surface area contributed by atoms with Gasteiger partial charge in [0.25, 0.3) is 0 Å². The third kappa shape index (κ3) is 4.20. The molecule has 0 aliphatic carbocycles. The molecule has 3 heteroatoms. The largest absolute Gasteiger partial charge is 0.490 e. The average molecular weight is 231 g/mol. The second-order valence-corrected chi connectivity index (χ2v) is 3.45. The summed E-state index contributed by atoms with van der Waals surface area (Å²) >= 11 is 0. The zero-order chi connectivity index (χ0) is 12.5. The second-order valence-electron chi connectivity index (χ2n) is 3.45. The van der Waals surface area contributed by atoms with Gasteiger partial charge in [-0.2, -0.15) is 5.26 Å². The Kier molecular flexibility index (Phi) is 5.67. The molecule has 0 aromatic heterocycles. The van der Waals surface area contributed by atoms with E-state index in [1.54, 1.807) is 6.08 Å². The van der Waals surface area contributed by atoms with Gasteiger partial charge in [-0.1, -0.05) is 13.0 Å². The van der Waals surface area contributed by atoms with Gasteiger partial charge in [0.05, 0.1) is 19.3 Å². The van der Waals surface area contributed by atoms with Crippen molar-refractivity contribution >= 4 is 6.08 Å². The molecule has 0 amide bonds. The lowest BCUT2D eigenvalue weighted by Gasteiger charge is -2.11. The van der Waals surface area contributed by atoms with Gasteiger partial charge in [-0.05, 0) is 37.1 Å². The van der Waals surface area contributed by atoms with Gasteiger partial charge in [-0.25, -0.2) is 0 Å². The molecule has 1 rings (SSSR count). The number of hydrogen-bond acceptors (Lipinski definition) is 3. The fourth-order valence-corrected chi connectivity index (χ4v) is 1.36. The summed E-state index contributed by atoms with van der Waals surface area (Å²) in [6.45, 7) is 5.26. The van der Waals surface area contributed by atoms with Crippen LogP contribution in [-0.4, -0.2) is 13.2 Å². The lowest BCUT2D eigenvalue weighted by Crippen LogP contribution is -2.00. The quantitative estimate of drug-likeness (QED) is 0.704. The number of nitrogens with zero attached hydrogens (tertiary/aromatic N) is 1. The van der Waals surface area contributed by atoms with Crippen molar-refractivity contribution in [1.29, 1.82) is 5.26 Å². The molecule has 3 nitrogen and oxygen atoms in total. The Morgan fingerprint density at radius 2 is 2.06 bits per heavy atom. The first kappa shape index (κ1) is 13.1. The van der Waals surface area contributed by atoms with E-state index in [0.717, 1.165) is 23.5 Å². The highest BCUT2D eigenvalue weighted by molar-refractivity contribution is 5.57. The third-order valence-corrected chi connectivity index (χ3v) is 2.08. The Morgan fingerprint density at radius 3 is 2.71 bits per heavy atom. The normalized spacial score (nSPS) is 10.2. The fraction of sp³-hybridized carbons (Fsp3) is 0.357. The standard InChI is InChI=1S/C14H17NO2/c1-3-10-17-13-8-7-12(6-5-9-15)11-14(13)16-4-2/h5-8,11H,3-4,10H2,1-2H3/b6-5+. The van der Waals surface area contributed by atoms with E-state index in [-0.39, 0.29) is 0 Å². The van der Waals surface area contributed by atoms with Crippen LogP contribution in [0, 0.1) is 11.3 Å². The number of allylic oxidation sites excluding steroid dienone is 1. The van der Waals surface area contributed by atoms with Gasteiger partial charge in [0, 0.05) is 6.08 Å². The van der Waals surface area contributed by atoms with Crippen LogP contribution in [0.3, 0.4) is 0 Å². The van der Waals surface area contributed by atoms with Crippen molar-refractivity contribution in [2.75, 3.05) is 13.2 Å². The summed E-state index contributed by atoms with van der Waals surface area (Å²) in [6, 6.07) is 7.62. The first-order valence-electron chi connectivity index (χ1n) is 5.77. The summed E-state index contributed by atoms with van der Waals surface area (Å²) in [7, 11) is 0. The van der Waals surface area contributed by atoms with Gasteiger partial charge in [-0.3, -0.25) is 0 Å². The highest BCUT2D eigenvalue weighted by atomic mass is 16.5. The van der Waals surface area contributed by atoms with Crippen molar-refractivity contribution in [1.82, 2.24) is 0 Å². The summed E-state index contributed by atoms with van der Waals surface area (Å²) in [5, 5.41) is 8.48. The molecule has 1 aromatic carbocycles. The molecule has 0 bridgehead atoms. The minimum Gasteiger partial charge on any atom is -0.490 e. The Balaban J connectivity index is 2.91. The molecule has 0 aliphatic rings. The molecule has 0 spiro atoms. The van der Waals surface area contributed by atoms with Crippen LogP contribution in [-0.2, 0) is 0 Å². The summed E-state index contributed by atoms with van der Waals surface area (Å²) in [5.41, 5.74) is 0.929. The van der Waals surface area contributed by atoms with E-state index < -0.39 is 0 Å². The Hall–Kier alpha value is -1.95. The van der Waals surface area contributed by atoms with Crippen molar-refractivity contribution in [3.8, 4) is 17.6 Å². The zero-order valence-electron chi connectivity index (χ0n) is 10.3. The fourth-order valence-electron chi connectivity index (χ4n) is 1.36. The Morgan fingerprint density at radius 1 is 1.24 bits per heavy atom.